The van der Waals surface area contributed by atoms with Crippen molar-refractivity contribution in [2.24, 2.45) is 0 Å². The fourth-order valence-corrected chi connectivity index (χ4v) is 4.88. The van der Waals surface area contributed by atoms with Crippen molar-refractivity contribution in [3.8, 4) is 0 Å². The lowest BCUT2D eigenvalue weighted by molar-refractivity contribution is -0.151. The van der Waals surface area contributed by atoms with Gasteiger partial charge in [0.25, 0.3) is 5.91 Å². The molecular formula is C17H23NO2S. The molecule has 0 spiro atoms. The molecule has 114 valence electrons. The van der Waals surface area contributed by atoms with Crippen LogP contribution in [-0.2, 0) is 17.6 Å². The first-order valence-corrected chi connectivity index (χ1v) is 8.93. The summed E-state index contributed by atoms with van der Waals surface area (Å²) >= 11 is 1.84. The molecule has 4 heteroatoms. The summed E-state index contributed by atoms with van der Waals surface area (Å²) in [5.41, 5.74) is 0.966. The third kappa shape index (κ3) is 2.59. The Morgan fingerprint density at radius 2 is 1.90 bits per heavy atom. The van der Waals surface area contributed by atoms with Gasteiger partial charge in [-0.25, -0.2) is 0 Å². The van der Waals surface area contributed by atoms with Gasteiger partial charge in [-0.05, 0) is 30.2 Å². The first-order chi connectivity index (χ1) is 10.0. The van der Waals surface area contributed by atoms with Crippen LogP contribution >= 0.6 is 11.8 Å². The largest absolute Gasteiger partial charge is 0.379 e. The number of carbonyl (C=O) groups is 1. The Labute approximate surface area is 130 Å². The number of hydrogen-bond acceptors (Lipinski definition) is 3. The molecule has 0 aliphatic heterocycles. The van der Waals surface area contributed by atoms with Crippen molar-refractivity contribution < 1.29 is 9.90 Å². The van der Waals surface area contributed by atoms with Gasteiger partial charge in [0, 0.05) is 31.2 Å². The zero-order valence-corrected chi connectivity index (χ0v) is 13.5. The highest BCUT2D eigenvalue weighted by Gasteiger charge is 2.46. The summed E-state index contributed by atoms with van der Waals surface area (Å²) in [5, 5.41) is 11.4. The third-order valence-corrected chi connectivity index (χ3v) is 6.18. The zero-order chi connectivity index (χ0) is 15.0. The number of likely N-dealkylation sites (N-methyl/N-ethyl adjacent to an activating group) is 1. The number of thioether (sulfide) groups is 1. The minimum absolute atomic E-state index is 0.107. The zero-order valence-electron chi connectivity index (χ0n) is 12.7. The Morgan fingerprint density at radius 3 is 2.48 bits per heavy atom. The molecule has 2 aliphatic carbocycles. The van der Waals surface area contributed by atoms with Crippen LogP contribution in [0.4, 0.5) is 0 Å². The van der Waals surface area contributed by atoms with E-state index in [0.29, 0.717) is 18.1 Å². The van der Waals surface area contributed by atoms with Gasteiger partial charge >= 0.3 is 0 Å². The highest BCUT2D eigenvalue weighted by atomic mass is 32.2. The number of fused-ring (bicyclic) bond motifs is 1. The van der Waals surface area contributed by atoms with Crippen molar-refractivity contribution in [3.63, 3.8) is 0 Å². The van der Waals surface area contributed by atoms with E-state index in [4.69, 9.17) is 0 Å². The molecular weight excluding hydrogens is 282 g/mol. The van der Waals surface area contributed by atoms with E-state index in [9.17, 15) is 9.90 Å². The van der Waals surface area contributed by atoms with E-state index in [2.05, 4.69) is 6.26 Å². The number of benzene rings is 1. The molecule has 1 aromatic carbocycles. The van der Waals surface area contributed by atoms with Gasteiger partial charge in [-0.1, -0.05) is 30.7 Å². The van der Waals surface area contributed by atoms with Gasteiger partial charge in [-0.15, -0.1) is 0 Å². The van der Waals surface area contributed by atoms with Gasteiger partial charge in [0.05, 0.1) is 0 Å². The van der Waals surface area contributed by atoms with Crippen LogP contribution in [0.2, 0.25) is 0 Å². The van der Waals surface area contributed by atoms with Crippen molar-refractivity contribution in [1.29, 1.82) is 0 Å². The molecule has 2 aliphatic rings. The Bertz CT molecular complexity index is 520. The summed E-state index contributed by atoms with van der Waals surface area (Å²) in [5.74, 6) is -0.107. The maximum absolute atomic E-state index is 12.9. The van der Waals surface area contributed by atoms with Crippen molar-refractivity contribution in [3.05, 3.63) is 35.4 Å². The maximum Gasteiger partial charge on any atom is 0.255 e. The number of rotatable bonds is 3. The van der Waals surface area contributed by atoms with Crippen molar-refractivity contribution in [2.45, 2.75) is 49.0 Å². The second kappa shape index (κ2) is 5.65. The topological polar surface area (TPSA) is 40.5 Å². The van der Waals surface area contributed by atoms with Crippen molar-refractivity contribution in [2.75, 3.05) is 13.3 Å². The molecule has 0 aromatic heterocycles. The van der Waals surface area contributed by atoms with Gasteiger partial charge in [0.15, 0.2) is 5.60 Å². The molecule has 2 atom stereocenters. The standard InChI is InChI=1S/C17H23NO2S/c1-18(14-8-5-9-15(14)21-2)16(19)17(20)10-12-6-3-4-7-13(12)11-17/h3-4,6-7,14-15,20H,5,8-11H2,1-2H3. The van der Waals surface area contributed by atoms with Gasteiger partial charge in [0.1, 0.15) is 0 Å². The van der Waals surface area contributed by atoms with E-state index in [1.165, 1.54) is 12.8 Å². The normalized spacial score (nSPS) is 26.6. The molecule has 3 nitrogen and oxygen atoms in total. The minimum Gasteiger partial charge on any atom is -0.379 e. The molecule has 0 radical (unpaired) electrons. The molecule has 1 amide bonds. The molecule has 1 saturated carbocycles. The molecule has 3 rings (SSSR count). The van der Waals surface area contributed by atoms with Crippen LogP contribution in [0.15, 0.2) is 24.3 Å². The first-order valence-electron chi connectivity index (χ1n) is 7.64. The molecule has 1 fully saturated rings. The first kappa shape index (κ1) is 14.9. The molecule has 21 heavy (non-hydrogen) atoms. The lowest BCUT2D eigenvalue weighted by Crippen LogP contribution is -2.53. The summed E-state index contributed by atoms with van der Waals surface area (Å²) in [4.78, 5) is 14.7. The summed E-state index contributed by atoms with van der Waals surface area (Å²) in [6.45, 7) is 0. The second-order valence-electron chi connectivity index (χ2n) is 6.34. The van der Waals surface area contributed by atoms with Gasteiger partial charge in [-0.3, -0.25) is 4.79 Å². The van der Waals surface area contributed by atoms with Gasteiger partial charge in [0.2, 0.25) is 0 Å². The third-order valence-electron chi connectivity index (χ3n) is 5.02. The van der Waals surface area contributed by atoms with Crippen LogP contribution in [0.25, 0.3) is 0 Å². The van der Waals surface area contributed by atoms with E-state index in [-0.39, 0.29) is 11.9 Å². The van der Waals surface area contributed by atoms with Crippen LogP contribution in [0.1, 0.15) is 30.4 Å². The average molecular weight is 305 g/mol. The Balaban J connectivity index is 1.76. The number of amides is 1. The number of carbonyl (C=O) groups excluding carboxylic acids is 1. The molecule has 0 saturated heterocycles. The second-order valence-corrected chi connectivity index (χ2v) is 7.42. The summed E-state index contributed by atoms with van der Waals surface area (Å²) in [7, 11) is 1.86. The molecule has 1 N–H and O–H groups in total. The summed E-state index contributed by atoms with van der Waals surface area (Å²) in [6, 6.07) is 8.24. The minimum atomic E-state index is -1.25. The molecule has 2 unspecified atom stereocenters. The van der Waals surface area contributed by atoms with Crippen molar-refractivity contribution in [1.82, 2.24) is 4.90 Å². The van der Waals surface area contributed by atoms with Gasteiger partial charge in [-0.2, -0.15) is 11.8 Å². The molecule has 1 aromatic rings. The SMILES string of the molecule is CSC1CCCC1N(C)C(=O)C1(O)Cc2ccccc2C1. The van der Waals surface area contributed by atoms with Crippen LogP contribution < -0.4 is 0 Å². The number of hydrogen-bond donors (Lipinski definition) is 1. The van der Waals surface area contributed by atoms with E-state index in [1.54, 1.807) is 0 Å². The Kier molecular flexibility index (Phi) is 4.02. The monoisotopic (exact) mass is 305 g/mol. The van der Waals surface area contributed by atoms with E-state index < -0.39 is 5.60 Å². The van der Waals surface area contributed by atoms with Crippen LogP contribution in [0.5, 0.6) is 0 Å². The average Bonchev–Trinajstić information content (AvgIpc) is 3.08. The summed E-state index contributed by atoms with van der Waals surface area (Å²) in [6.07, 6.45) is 6.40. The fourth-order valence-electron chi connectivity index (χ4n) is 3.85. The van der Waals surface area contributed by atoms with E-state index in [0.717, 1.165) is 17.5 Å². The Hall–Kier alpha value is -1.00. The van der Waals surface area contributed by atoms with Gasteiger partial charge < -0.3 is 10.0 Å². The highest BCUT2D eigenvalue weighted by Crippen LogP contribution is 2.36. The van der Waals surface area contributed by atoms with Crippen LogP contribution in [-0.4, -0.2) is 46.1 Å². The predicted molar refractivity (Wildman–Crippen MR) is 86.5 cm³/mol. The van der Waals surface area contributed by atoms with E-state index >= 15 is 0 Å². The van der Waals surface area contributed by atoms with E-state index in [1.807, 2.05) is 48.0 Å². The highest BCUT2D eigenvalue weighted by molar-refractivity contribution is 7.99. The fraction of sp³-hybridized carbons (Fsp3) is 0.588. The lowest BCUT2D eigenvalue weighted by Gasteiger charge is -2.34. The molecule has 0 heterocycles. The predicted octanol–water partition coefficient (Wildman–Crippen LogP) is 2.26. The lowest BCUT2D eigenvalue weighted by atomic mass is 9.97. The molecule has 0 bridgehead atoms. The van der Waals surface area contributed by atoms with Crippen LogP contribution in [0, 0.1) is 0 Å². The smallest absolute Gasteiger partial charge is 0.255 e. The number of nitrogens with zero attached hydrogens (tertiary/aromatic N) is 1. The number of aliphatic hydroxyl groups is 1. The summed E-state index contributed by atoms with van der Waals surface area (Å²) < 4.78 is 0. The Morgan fingerprint density at radius 1 is 1.29 bits per heavy atom. The maximum atomic E-state index is 12.9. The quantitative estimate of drug-likeness (QED) is 0.931. The van der Waals surface area contributed by atoms with Crippen LogP contribution in [0.3, 0.4) is 0 Å². The van der Waals surface area contributed by atoms with Crippen molar-refractivity contribution >= 4 is 17.7 Å².